The number of sulfone groups is 1. The van der Waals surface area contributed by atoms with Gasteiger partial charge in [-0.25, -0.2) is 22.8 Å². The third-order valence-corrected chi connectivity index (χ3v) is 9.16. The Hall–Kier alpha value is -4.86. The Morgan fingerprint density at radius 3 is 2.40 bits per heavy atom. The first-order valence-corrected chi connectivity index (χ1v) is 18.9. The van der Waals surface area contributed by atoms with Crippen LogP contribution < -0.4 is 15.4 Å². The molecule has 0 saturated carbocycles. The predicted octanol–water partition coefficient (Wildman–Crippen LogP) is 7.07. The van der Waals surface area contributed by atoms with Crippen molar-refractivity contribution in [2.75, 3.05) is 23.9 Å². The quantitative estimate of drug-likeness (QED) is 0.0870. The third kappa shape index (κ3) is 10.6. The molecule has 260 valence electrons. The van der Waals surface area contributed by atoms with E-state index < -0.39 is 20.0 Å². The molecular weight excluding hydrogens is 707 g/mol. The first kappa shape index (κ1) is 36.4. The SMILES string of the molecule is CS(=O)(=O)CCNCc1ccc(-c2ccc3ncnc(Nc4ccc(OCc5cccc(F)c5)c(Cl)c4)c3c2)o1.O=S(=O)(O)c1ccccc1. The molecule has 2 heterocycles. The highest BCUT2D eigenvalue weighted by Crippen LogP contribution is 2.33. The molecule has 6 rings (SSSR count). The van der Waals surface area contributed by atoms with E-state index in [0.717, 1.165) is 16.5 Å². The van der Waals surface area contributed by atoms with E-state index in [1.165, 1.54) is 36.8 Å². The third-order valence-electron chi connectivity index (χ3n) is 7.05. The topological polar surface area (TPSA) is 161 Å². The van der Waals surface area contributed by atoms with Gasteiger partial charge in [0.25, 0.3) is 10.1 Å². The van der Waals surface area contributed by atoms with Crippen molar-refractivity contribution in [3.8, 4) is 17.1 Å². The van der Waals surface area contributed by atoms with Gasteiger partial charge in [0, 0.05) is 29.4 Å². The van der Waals surface area contributed by atoms with E-state index in [0.29, 0.717) is 52.5 Å². The molecule has 2 aromatic heterocycles. The highest BCUT2D eigenvalue weighted by molar-refractivity contribution is 7.90. The number of anilines is 2. The van der Waals surface area contributed by atoms with Crippen molar-refractivity contribution in [2.45, 2.75) is 18.0 Å². The highest BCUT2D eigenvalue weighted by atomic mass is 35.5. The number of fused-ring (bicyclic) bond motifs is 1. The van der Waals surface area contributed by atoms with Gasteiger partial charge in [0.15, 0.2) is 0 Å². The summed E-state index contributed by atoms with van der Waals surface area (Å²) in [6.45, 7) is 0.956. The van der Waals surface area contributed by atoms with Crippen LogP contribution in [-0.2, 0) is 33.1 Å². The minimum absolute atomic E-state index is 0.0664. The molecule has 50 heavy (non-hydrogen) atoms. The van der Waals surface area contributed by atoms with E-state index >= 15 is 0 Å². The summed E-state index contributed by atoms with van der Waals surface area (Å²) in [4.78, 5) is 8.72. The fourth-order valence-electron chi connectivity index (χ4n) is 4.62. The van der Waals surface area contributed by atoms with Crippen LogP contribution in [0.15, 0.2) is 119 Å². The van der Waals surface area contributed by atoms with E-state index in [1.807, 2.05) is 36.4 Å². The number of halogens is 2. The van der Waals surface area contributed by atoms with Gasteiger partial charge in [0.1, 0.15) is 51.7 Å². The summed E-state index contributed by atoms with van der Waals surface area (Å²) in [6, 6.07) is 28.4. The van der Waals surface area contributed by atoms with E-state index in [9.17, 15) is 21.2 Å². The zero-order valence-corrected chi connectivity index (χ0v) is 29.0. The van der Waals surface area contributed by atoms with Crippen molar-refractivity contribution < 1.29 is 34.9 Å². The first-order valence-electron chi connectivity index (χ1n) is 15.0. The van der Waals surface area contributed by atoms with E-state index in [1.54, 1.807) is 42.5 Å². The molecular formula is C35H32ClFN4O7S2. The lowest BCUT2D eigenvalue weighted by Gasteiger charge is -2.12. The number of nitrogens with one attached hydrogen (secondary N) is 2. The smallest absolute Gasteiger partial charge is 0.294 e. The lowest BCUT2D eigenvalue weighted by atomic mass is 10.1. The van der Waals surface area contributed by atoms with Crippen molar-refractivity contribution in [2.24, 2.45) is 0 Å². The van der Waals surface area contributed by atoms with Gasteiger partial charge in [-0.05, 0) is 78.4 Å². The average molecular weight is 739 g/mol. The van der Waals surface area contributed by atoms with E-state index in [2.05, 4.69) is 20.6 Å². The Morgan fingerprint density at radius 2 is 1.70 bits per heavy atom. The molecule has 0 radical (unpaired) electrons. The number of ether oxygens (including phenoxy) is 1. The van der Waals surface area contributed by atoms with Gasteiger partial charge >= 0.3 is 0 Å². The van der Waals surface area contributed by atoms with Crippen LogP contribution in [0.25, 0.3) is 22.2 Å². The maximum atomic E-state index is 13.4. The summed E-state index contributed by atoms with van der Waals surface area (Å²) >= 11 is 6.47. The minimum Gasteiger partial charge on any atom is -0.487 e. The van der Waals surface area contributed by atoms with E-state index in [4.69, 9.17) is 25.3 Å². The number of benzene rings is 4. The van der Waals surface area contributed by atoms with Crippen LogP contribution in [0.3, 0.4) is 0 Å². The van der Waals surface area contributed by atoms with Gasteiger partial charge in [-0.15, -0.1) is 0 Å². The molecule has 0 amide bonds. The van der Waals surface area contributed by atoms with Gasteiger partial charge in [-0.1, -0.05) is 41.9 Å². The van der Waals surface area contributed by atoms with Crippen molar-refractivity contribution in [1.29, 1.82) is 0 Å². The van der Waals surface area contributed by atoms with E-state index in [-0.39, 0.29) is 23.1 Å². The average Bonchev–Trinajstić information content (AvgIpc) is 3.55. The van der Waals surface area contributed by atoms with Crippen LogP contribution in [0.4, 0.5) is 15.9 Å². The second kappa shape index (κ2) is 16.2. The van der Waals surface area contributed by atoms with Crippen LogP contribution in [0, 0.1) is 5.82 Å². The molecule has 0 bridgehead atoms. The predicted molar refractivity (Wildman–Crippen MR) is 190 cm³/mol. The van der Waals surface area contributed by atoms with Crippen LogP contribution >= 0.6 is 11.6 Å². The van der Waals surface area contributed by atoms with Crippen LogP contribution in [0.5, 0.6) is 5.75 Å². The molecule has 0 saturated heterocycles. The second-order valence-corrected chi connectivity index (χ2v) is 15.1. The molecule has 11 nitrogen and oxygen atoms in total. The van der Waals surface area contributed by atoms with Crippen molar-refractivity contribution in [1.82, 2.24) is 15.3 Å². The van der Waals surface area contributed by atoms with Crippen LogP contribution in [0.2, 0.25) is 5.02 Å². The lowest BCUT2D eigenvalue weighted by molar-refractivity contribution is 0.306. The highest BCUT2D eigenvalue weighted by Gasteiger charge is 2.12. The Balaban J connectivity index is 0.000000418. The summed E-state index contributed by atoms with van der Waals surface area (Å²) in [7, 11) is -7.02. The summed E-state index contributed by atoms with van der Waals surface area (Å²) in [6.07, 6.45) is 2.69. The Bertz CT molecular complexity index is 2310. The Labute approximate surface area is 293 Å². The number of aromatic nitrogens is 2. The van der Waals surface area contributed by atoms with Crippen LogP contribution in [-0.4, -0.2) is 49.9 Å². The lowest BCUT2D eigenvalue weighted by Crippen LogP contribution is -2.21. The first-order chi connectivity index (χ1) is 23.8. The number of furan rings is 1. The Morgan fingerprint density at radius 1 is 0.900 bits per heavy atom. The van der Waals surface area contributed by atoms with Gasteiger partial charge in [-0.2, -0.15) is 8.42 Å². The molecule has 0 spiro atoms. The molecule has 0 aliphatic carbocycles. The van der Waals surface area contributed by atoms with Crippen molar-refractivity contribution >= 4 is 54.0 Å². The van der Waals surface area contributed by atoms with Gasteiger partial charge < -0.3 is 19.8 Å². The van der Waals surface area contributed by atoms with Gasteiger partial charge in [0.05, 0.1) is 27.7 Å². The monoisotopic (exact) mass is 738 g/mol. The van der Waals surface area contributed by atoms with Crippen molar-refractivity contribution in [3.05, 3.63) is 132 Å². The van der Waals surface area contributed by atoms with Crippen molar-refractivity contribution in [3.63, 3.8) is 0 Å². The van der Waals surface area contributed by atoms with Gasteiger partial charge in [-0.3, -0.25) is 4.55 Å². The molecule has 6 aromatic rings. The maximum absolute atomic E-state index is 13.4. The molecule has 0 unspecified atom stereocenters. The summed E-state index contributed by atoms with van der Waals surface area (Å²) in [5.41, 5.74) is 2.99. The van der Waals surface area contributed by atoms with Crippen LogP contribution in [0.1, 0.15) is 11.3 Å². The number of hydrogen-bond donors (Lipinski definition) is 3. The maximum Gasteiger partial charge on any atom is 0.294 e. The second-order valence-electron chi connectivity index (χ2n) is 11.0. The number of nitrogens with zero attached hydrogens (tertiary/aromatic N) is 2. The largest absolute Gasteiger partial charge is 0.487 e. The summed E-state index contributed by atoms with van der Waals surface area (Å²) < 4.78 is 77.0. The molecule has 15 heteroatoms. The fraction of sp³-hybridized carbons (Fsp3) is 0.143. The van der Waals surface area contributed by atoms with Gasteiger partial charge in [0.2, 0.25) is 0 Å². The zero-order chi connectivity index (χ0) is 35.7. The number of hydrogen-bond acceptors (Lipinski definition) is 10. The number of rotatable bonds is 12. The normalized spacial score (nSPS) is 11.5. The zero-order valence-electron chi connectivity index (χ0n) is 26.6. The Kier molecular flexibility index (Phi) is 11.8. The molecule has 0 aliphatic heterocycles. The summed E-state index contributed by atoms with van der Waals surface area (Å²) in [5, 5.41) is 7.56. The summed E-state index contributed by atoms with van der Waals surface area (Å²) in [5.74, 6) is 2.17. The minimum atomic E-state index is -4.00. The fourth-order valence-corrected chi connectivity index (χ4v) is 5.87. The molecule has 0 atom stereocenters. The molecule has 0 aliphatic rings. The molecule has 4 aromatic carbocycles. The molecule has 3 N–H and O–H groups in total. The molecule has 0 fully saturated rings. The standard InChI is InChI=1S/C29H26ClFN4O4S.C6H6O3S/c1-40(36,37)12-11-32-16-23-7-10-27(39-23)20-5-8-26-24(14-20)29(34-18-33-26)35-22-6-9-28(25(30)15-22)38-17-19-3-2-4-21(31)13-19;7-10(8,9)6-4-2-1-3-5-6/h2-10,13-15,18,32H,11-12,16-17H2,1H3,(H,33,34,35);1-5H,(H,7,8,9).